The predicted octanol–water partition coefficient (Wildman–Crippen LogP) is 2.45. The molecule has 0 saturated heterocycles. The molecule has 0 bridgehead atoms. The lowest BCUT2D eigenvalue weighted by molar-refractivity contribution is 0.326. The molecule has 0 aromatic heterocycles. The Hall–Kier alpha value is -1.10. The first kappa shape index (κ1) is 12.0. The molecular weight excluding hydrogens is 262 g/mol. The Morgan fingerprint density at radius 1 is 1.27 bits per heavy atom. The number of nitrogen functional groups attached to an aromatic ring is 1. The Morgan fingerprint density at radius 3 is 2.40 bits per heavy atom. The molecule has 0 atom stereocenters. The van der Waals surface area contributed by atoms with E-state index in [9.17, 15) is 0 Å². The zero-order valence-corrected chi connectivity index (χ0v) is 10.6. The molecule has 1 aromatic rings. The zero-order chi connectivity index (χ0) is 11.4. The predicted molar refractivity (Wildman–Crippen MR) is 62.8 cm³/mol. The quantitative estimate of drug-likeness (QED) is 0.858. The molecule has 0 fully saturated rings. The van der Waals surface area contributed by atoms with Crippen molar-refractivity contribution < 1.29 is 14.2 Å². The van der Waals surface area contributed by atoms with Crippen molar-refractivity contribution in [2.45, 2.75) is 6.92 Å². The van der Waals surface area contributed by atoms with Gasteiger partial charge in [0, 0.05) is 6.07 Å². The van der Waals surface area contributed by atoms with Gasteiger partial charge >= 0.3 is 0 Å². The average Bonchev–Trinajstić information content (AvgIpc) is 2.24. The minimum absolute atomic E-state index is 0.473. The molecule has 0 saturated carbocycles. The highest BCUT2D eigenvalue weighted by molar-refractivity contribution is 9.10. The van der Waals surface area contributed by atoms with E-state index in [1.807, 2.05) is 6.92 Å². The number of hydrogen-bond acceptors (Lipinski definition) is 4. The van der Waals surface area contributed by atoms with Crippen molar-refractivity contribution in [3.63, 3.8) is 0 Å². The van der Waals surface area contributed by atoms with Crippen LogP contribution in [0.2, 0.25) is 0 Å². The summed E-state index contributed by atoms with van der Waals surface area (Å²) in [4.78, 5) is 0. The molecule has 0 aliphatic carbocycles. The largest absolute Gasteiger partial charge is 0.493 e. The smallest absolute Gasteiger partial charge is 0.185 e. The van der Waals surface area contributed by atoms with Crippen LogP contribution < -0.4 is 19.9 Å². The van der Waals surface area contributed by atoms with E-state index in [2.05, 4.69) is 15.9 Å². The van der Waals surface area contributed by atoms with Crippen LogP contribution in [0.15, 0.2) is 10.5 Å². The Kier molecular flexibility index (Phi) is 4.08. The second-order valence-corrected chi connectivity index (χ2v) is 3.56. The topological polar surface area (TPSA) is 53.7 Å². The number of methoxy groups -OCH3 is 2. The van der Waals surface area contributed by atoms with Crippen LogP contribution >= 0.6 is 15.9 Å². The first-order valence-electron chi connectivity index (χ1n) is 4.48. The normalized spacial score (nSPS) is 9.87. The molecule has 0 unspecified atom stereocenters. The molecule has 0 amide bonds. The highest BCUT2D eigenvalue weighted by Crippen LogP contribution is 2.44. The van der Waals surface area contributed by atoms with Crippen molar-refractivity contribution in [3.05, 3.63) is 10.5 Å². The number of benzene rings is 1. The maximum atomic E-state index is 5.87. The lowest BCUT2D eigenvalue weighted by atomic mass is 10.2. The number of nitrogens with two attached hydrogens (primary N) is 1. The molecule has 0 spiro atoms. The van der Waals surface area contributed by atoms with Crippen LogP contribution in [0.4, 0.5) is 5.69 Å². The van der Waals surface area contributed by atoms with Crippen molar-refractivity contribution in [2.24, 2.45) is 0 Å². The van der Waals surface area contributed by atoms with Gasteiger partial charge in [0.15, 0.2) is 11.5 Å². The molecule has 0 aliphatic heterocycles. The van der Waals surface area contributed by atoms with E-state index in [4.69, 9.17) is 19.9 Å². The molecule has 0 aliphatic rings. The minimum Gasteiger partial charge on any atom is -0.493 e. The van der Waals surface area contributed by atoms with Crippen molar-refractivity contribution in [1.29, 1.82) is 0 Å². The first-order chi connectivity index (χ1) is 7.15. The number of anilines is 1. The van der Waals surface area contributed by atoms with Gasteiger partial charge in [0.2, 0.25) is 0 Å². The summed E-state index contributed by atoms with van der Waals surface area (Å²) in [6.45, 7) is 2.47. The summed E-state index contributed by atoms with van der Waals surface area (Å²) in [6.07, 6.45) is 0. The molecule has 15 heavy (non-hydrogen) atoms. The van der Waals surface area contributed by atoms with Crippen molar-refractivity contribution >= 4 is 21.6 Å². The third-order valence-electron chi connectivity index (χ3n) is 1.91. The lowest BCUT2D eigenvalue weighted by Crippen LogP contribution is -2.00. The molecule has 0 radical (unpaired) electrons. The second kappa shape index (κ2) is 5.11. The summed E-state index contributed by atoms with van der Waals surface area (Å²) >= 11 is 3.35. The third kappa shape index (κ3) is 2.28. The fraction of sp³-hybridized carbons (Fsp3) is 0.400. The second-order valence-electron chi connectivity index (χ2n) is 2.77. The van der Waals surface area contributed by atoms with Gasteiger partial charge in [-0.1, -0.05) is 0 Å². The van der Waals surface area contributed by atoms with Crippen LogP contribution in [-0.2, 0) is 0 Å². The van der Waals surface area contributed by atoms with Crippen molar-refractivity contribution in [3.8, 4) is 17.2 Å². The van der Waals surface area contributed by atoms with E-state index in [-0.39, 0.29) is 0 Å². The maximum Gasteiger partial charge on any atom is 0.185 e. The Bertz CT molecular complexity index is 355. The van der Waals surface area contributed by atoms with E-state index in [0.717, 1.165) is 0 Å². The number of ether oxygens (including phenoxy) is 3. The number of hydrogen-bond donors (Lipinski definition) is 1. The summed E-state index contributed by atoms with van der Waals surface area (Å²) in [7, 11) is 3.10. The van der Waals surface area contributed by atoms with Gasteiger partial charge in [-0.05, 0) is 22.9 Å². The van der Waals surface area contributed by atoms with Crippen LogP contribution in [-0.4, -0.2) is 20.8 Å². The van der Waals surface area contributed by atoms with Crippen LogP contribution in [0.1, 0.15) is 6.92 Å². The highest BCUT2D eigenvalue weighted by Gasteiger charge is 2.16. The van der Waals surface area contributed by atoms with E-state index >= 15 is 0 Å². The molecule has 1 rings (SSSR count). The van der Waals surface area contributed by atoms with E-state index in [1.165, 1.54) is 0 Å². The summed E-state index contributed by atoms with van der Waals surface area (Å²) in [5.74, 6) is 1.71. The van der Waals surface area contributed by atoms with Gasteiger partial charge in [0.25, 0.3) is 0 Å². The Morgan fingerprint density at radius 2 is 1.93 bits per heavy atom. The molecule has 5 heteroatoms. The van der Waals surface area contributed by atoms with Crippen LogP contribution in [0.5, 0.6) is 17.2 Å². The summed E-state index contributed by atoms with van der Waals surface area (Å²) in [6, 6.07) is 1.74. The zero-order valence-electron chi connectivity index (χ0n) is 8.96. The number of halogens is 1. The fourth-order valence-corrected chi connectivity index (χ4v) is 1.64. The number of rotatable bonds is 4. The van der Waals surface area contributed by atoms with Crippen molar-refractivity contribution in [2.75, 3.05) is 26.6 Å². The molecular formula is C10H14BrNO3. The Balaban J connectivity index is 3.29. The van der Waals surface area contributed by atoms with Crippen molar-refractivity contribution in [1.82, 2.24) is 0 Å². The molecule has 0 heterocycles. The van der Waals surface area contributed by atoms with E-state index in [0.29, 0.717) is 34.0 Å². The lowest BCUT2D eigenvalue weighted by Gasteiger charge is -2.15. The van der Waals surface area contributed by atoms with Gasteiger partial charge in [-0.3, -0.25) is 0 Å². The molecule has 2 N–H and O–H groups in total. The summed E-state index contributed by atoms with van der Waals surface area (Å²) in [5.41, 5.74) is 6.34. The fourth-order valence-electron chi connectivity index (χ4n) is 1.24. The third-order valence-corrected chi connectivity index (χ3v) is 2.73. The average molecular weight is 276 g/mol. The molecule has 4 nitrogen and oxygen atoms in total. The molecule has 1 aromatic carbocycles. The van der Waals surface area contributed by atoms with Gasteiger partial charge in [-0.15, -0.1) is 0 Å². The van der Waals surface area contributed by atoms with Gasteiger partial charge in [0.05, 0.1) is 31.0 Å². The van der Waals surface area contributed by atoms with Gasteiger partial charge < -0.3 is 19.9 Å². The highest BCUT2D eigenvalue weighted by atomic mass is 79.9. The first-order valence-corrected chi connectivity index (χ1v) is 5.27. The van der Waals surface area contributed by atoms with Crippen LogP contribution in [0.3, 0.4) is 0 Å². The Labute approximate surface area is 97.4 Å². The van der Waals surface area contributed by atoms with Gasteiger partial charge in [0.1, 0.15) is 5.75 Å². The van der Waals surface area contributed by atoms with Crippen LogP contribution in [0.25, 0.3) is 0 Å². The van der Waals surface area contributed by atoms with E-state index < -0.39 is 0 Å². The van der Waals surface area contributed by atoms with E-state index in [1.54, 1.807) is 20.3 Å². The maximum absolute atomic E-state index is 5.87. The van der Waals surface area contributed by atoms with Gasteiger partial charge in [-0.2, -0.15) is 0 Å². The monoisotopic (exact) mass is 275 g/mol. The summed E-state index contributed by atoms with van der Waals surface area (Å²) < 4.78 is 16.4. The summed E-state index contributed by atoms with van der Waals surface area (Å²) in [5, 5.41) is 0. The van der Waals surface area contributed by atoms with Gasteiger partial charge in [-0.25, -0.2) is 0 Å². The SMILES string of the molecule is CCOc1cc(OC)c(OC)c(N)c1Br. The molecule has 84 valence electrons. The van der Waals surface area contributed by atoms with Crippen LogP contribution in [0, 0.1) is 0 Å². The minimum atomic E-state index is 0.473. The standard InChI is InChI=1S/C10H14BrNO3/c1-4-15-6-5-7(13-2)10(14-3)9(12)8(6)11/h5H,4,12H2,1-3H3.